The Morgan fingerprint density at radius 2 is 1.96 bits per heavy atom. The lowest BCUT2D eigenvalue weighted by Crippen LogP contribution is -2.21. The summed E-state index contributed by atoms with van der Waals surface area (Å²) in [5.74, 6) is -0.220. The number of amides is 1. The molecular formula is C18H20F3N3O. The number of nitrogens with two attached hydrogens (primary N) is 1. The number of carbonyl (C=O) groups excluding carboxylic acids is 1. The number of hydrogen-bond acceptors (Lipinski definition) is 2. The monoisotopic (exact) mass is 351 g/mol. The van der Waals surface area contributed by atoms with Gasteiger partial charge in [-0.25, -0.2) is 4.98 Å². The second-order valence-electron chi connectivity index (χ2n) is 6.64. The van der Waals surface area contributed by atoms with Crippen LogP contribution >= 0.6 is 0 Å². The molecule has 25 heavy (non-hydrogen) atoms. The minimum Gasteiger partial charge on any atom is -0.366 e. The molecule has 1 aromatic carbocycles. The van der Waals surface area contributed by atoms with Crippen molar-refractivity contribution in [2.75, 3.05) is 0 Å². The number of hydrogen-bond donors (Lipinski definition) is 1. The summed E-state index contributed by atoms with van der Waals surface area (Å²) in [4.78, 5) is 15.7. The molecule has 7 heteroatoms. The van der Waals surface area contributed by atoms with Crippen molar-refractivity contribution in [2.45, 2.75) is 44.3 Å². The van der Waals surface area contributed by atoms with Gasteiger partial charge < -0.3 is 10.3 Å². The van der Waals surface area contributed by atoms with Crippen LogP contribution in [0.25, 0.3) is 0 Å². The fraction of sp³-hybridized carbons (Fsp3) is 0.444. The van der Waals surface area contributed by atoms with E-state index in [0.29, 0.717) is 11.5 Å². The first kappa shape index (κ1) is 17.5. The summed E-state index contributed by atoms with van der Waals surface area (Å²) in [5.41, 5.74) is 5.13. The maximum atomic E-state index is 12.9. The fourth-order valence-corrected chi connectivity index (χ4v) is 3.65. The molecule has 1 aromatic heterocycles. The summed E-state index contributed by atoms with van der Waals surface area (Å²) in [5, 5.41) is 0. The van der Waals surface area contributed by atoms with Gasteiger partial charge in [0.25, 0.3) is 0 Å². The second kappa shape index (κ2) is 6.90. The van der Waals surface area contributed by atoms with Gasteiger partial charge in [0, 0.05) is 24.5 Å². The zero-order chi connectivity index (χ0) is 18.0. The summed E-state index contributed by atoms with van der Waals surface area (Å²) in [6, 6.07) is 3.35. The van der Waals surface area contributed by atoms with Gasteiger partial charge >= 0.3 is 6.18 Å². The van der Waals surface area contributed by atoms with E-state index in [1.807, 2.05) is 10.8 Å². The standard InChI is InChI=1S/C18H20F3N3O/c19-18(20,21)14-5-6-15(16(9-14)17(22)25)13-3-1-12(2-4-13)10-24-8-7-23-11-24/h5-9,11-13H,1-4,10H2,(H2,22,25). The molecule has 1 saturated carbocycles. The number of carbonyl (C=O) groups is 1. The summed E-state index contributed by atoms with van der Waals surface area (Å²) in [6.07, 6.45) is 4.57. The molecule has 0 unspecified atom stereocenters. The van der Waals surface area contributed by atoms with Gasteiger partial charge in [0.1, 0.15) is 0 Å². The molecule has 1 aliphatic carbocycles. The lowest BCUT2D eigenvalue weighted by molar-refractivity contribution is -0.137. The van der Waals surface area contributed by atoms with Crippen molar-refractivity contribution in [3.63, 3.8) is 0 Å². The van der Waals surface area contributed by atoms with E-state index >= 15 is 0 Å². The van der Waals surface area contributed by atoms with Crippen molar-refractivity contribution in [3.05, 3.63) is 53.6 Å². The van der Waals surface area contributed by atoms with Gasteiger partial charge in [-0.05, 0) is 55.2 Å². The van der Waals surface area contributed by atoms with Crippen LogP contribution in [0.4, 0.5) is 13.2 Å². The number of primary amides is 1. The number of aromatic nitrogens is 2. The second-order valence-corrected chi connectivity index (χ2v) is 6.64. The largest absolute Gasteiger partial charge is 0.416 e. The zero-order valence-corrected chi connectivity index (χ0v) is 13.7. The fourth-order valence-electron chi connectivity index (χ4n) is 3.65. The zero-order valence-electron chi connectivity index (χ0n) is 13.7. The first-order chi connectivity index (χ1) is 11.8. The molecule has 0 spiro atoms. The maximum absolute atomic E-state index is 12.9. The van der Waals surface area contributed by atoms with E-state index in [-0.39, 0.29) is 11.5 Å². The van der Waals surface area contributed by atoms with Crippen molar-refractivity contribution in [1.29, 1.82) is 0 Å². The van der Waals surface area contributed by atoms with Crippen LogP contribution in [0.2, 0.25) is 0 Å². The van der Waals surface area contributed by atoms with Crippen molar-refractivity contribution in [1.82, 2.24) is 9.55 Å². The summed E-state index contributed by atoms with van der Waals surface area (Å²) < 4.78 is 40.7. The van der Waals surface area contributed by atoms with Crippen LogP contribution in [-0.4, -0.2) is 15.5 Å². The average molecular weight is 351 g/mol. The van der Waals surface area contributed by atoms with E-state index in [1.54, 1.807) is 12.5 Å². The number of rotatable bonds is 4. The molecule has 4 nitrogen and oxygen atoms in total. The Bertz CT molecular complexity index is 733. The third kappa shape index (κ3) is 4.03. The lowest BCUT2D eigenvalue weighted by Gasteiger charge is -2.30. The summed E-state index contributed by atoms with van der Waals surface area (Å²) in [6.45, 7) is 0.891. The van der Waals surface area contributed by atoms with Gasteiger partial charge in [-0.1, -0.05) is 6.07 Å². The Hall–Kier alpha value is -2.31. The molecule has 1 fully saturated rings. The number of benzene rings is 1. The molecule has 134 valence electrons. The molecule has 1 aliphatic rings. The van der Waals surface area contributed by atoms with Gasteiger partial charge in [-0.3, -0.25) is 4.79 Å². The van der Waals surface area contributed by atoms with Crippen LogP contribution in [-0.2, 0) is 12.7 Å². The molecule has 0 aliphatic heterocycles. The maximum Gasteiger partial charge on any atom is 0.416 e. The van der Waals surface area contributed by atoms with Crippen LogP contribution in [0, 0.1) is 5.92 Å². The third-order valence-corrected chi connectivity index (χ3v) is 4.96. The highest BCUT2D eigenvalue weighted by atomic mass is 19.4. The predicted octanol–water partition coefficient (Wildman–Crippen LogP) is 3.97. The Kier molecular flexibility index (Phi) is 4.83. The molecule has 0 radical (unpaired) electrons. The van der Waals surface area contributed by atoms with Gasteiger partial charge in [0.05, 0.1) is 11.9 Å². The molecule has 1 amide bonds. The van der Waals surface area contributed by atoms with Gasteiger partial charge in [0.2, 0.25) is 5.91 Å². The molecule has 0 saturated heterocycles. The molecule has 2 N–H and O–H groups in total. The molecular weight excluding hydrogens is 331 g/mol. The van der Waals surface area contributed by atoms with E-state index in [9.17, 15) is 18.0 Å². The quantitative estimate of drug-likeness (QED) is 0.906. The third-order valence-electron chi connectivity index (χ3n) is 4.96. The van der Waals surface area contributed by atoms with Gasteiger partial charge in [-0.15, -0.1) is 0 Å². The Morgan fingerprint density at radius 1 is 1.24 bits per heavy atom. The van der Waals surface area contributed by atoms with Gasteiger partial charge in [0.15, 0.2) is 0 Å². The normalized spacial score (nSPS) is 21.2. The molecule has 2 aromatic rings. The van der Waals surface area contributed by atoms with Crippen molar-refractivity contribution < 1.29 is 18.0 Å². The average Bonchev–Trinajstić information content (AvgIpc) is 3.07. The van der Waals surface area contributed by atoms with Crippen LogP contribution in [0.1, 0.15) is 53.1 Å². The Labute approximate surface area is 143 Å². The van der Waals surface area contributed by atoms with Crippen LogP contribution < -0.4 is 5.73 Å². The first-order valence-electron chi connectivity index (χ1n) is 8.31. The summed E-state index contributed by atoms with van der Waals surface area (Å²) in [7, 11) is 0. The number of halogens is 3. The van der Waals surface area contributed by atoms with Crippen molar-refractivity contribution >= 4 is 5.91 Å². The van der Waals surface area contributed by atoms with Crippen LogP contribution in [0.3, 0.4) is 0 Å². The molecule has 0 atom stereocenters. The van der Waals surface area contributed by atoms with Crippen LogP contribution in [0.15, 0.2) is 36.9 Å². The lowest BCUT2D eigenvalue weighted by atomic mass is 9.77. The highest BCUT2D eigenvalue weighted by molar-refractivity contribution is 5.94. The van der Waals surface area contributed by atoms with E-state index in [4.69, 9.17) is 5.73 Å². The van der Waals surface area contributed by atoms with E-state index in [2.05, 4.69) is 4.98 Å². The smallest absolute Gasteiger partial charge is 0.366 e. The topological polar surface area (TPSA) is 60.9 Å². The predicted molar refractivity (Wildman–Crippen MR) is 86.9 cm³/mol. The number of alkyl halides is 3. The Balaban J connectivity index is 1.73. The first-order valence-corrected chi connectivity index (χ1v) is 8.31. The van der Waals surface area contributed by atoms with E-state index in [0.717, 1.165) is 44.4 Å². The molecule has 0 bridgehead atoms. The number of imidazole rings is 1. The summed E-state index contributed by atoms with van der Waals surface area (Å²) >= 11 is 0. The molecule has 1 heterocycles. The minimum atomic E-state index is -4.48. The van der Waals surface area contributed by atoms with Crippen molar-refractivity contribution in [2.24, 2.45) is 11.7 Å². The highest BCUT2D eigenvalue weighted by Gasteiger charge is 2.33. The van der Waals surface area contributed by atoms with Crippen molar-refractivity contribution in [3.8, 4) is 0 Å². The number of nitrogens with zero attached hydrogens (tertiary/aromatic N) is 2. The minimum absolute atomic E-state index is 0.00659. The Morgan fingerprint density at radius 3 is 2.52 bits per heavy atom. The SMILES string of the molecule is NC(=O)c1cc(C(F)(F)F)ccc1C1CCC(Cn2ccnc2)CC1. The van der Waals surface area contributed by atoms with E-state index in [1.165, 1.54) is 6.07 Å². The van der Waals surface area contributed by atoms with E-state index < -0.39 is 17.6 Å². The highest BCUT2D eigenvalue weighted by Crippen LogP contribution is 2.39. The van der Waals surface area contributed by atoms with Gasteiger partial charge in [-0.2, -0.15) is 13.2 Å². The molecule has 3 rings (SSSR count). The van der Waals surface area contributed by atoms with Crippen LogP contribution in [0.5, 0.6) is 0 Å².